The van der Waals surface area contributed by atoms with Gasteiger partial charge in [-0.3, -0.25) is 9.59 Å². The van der Waals surface area contributed by atoms with Crippen LogP contribution < -0.4 is 10.6 Å². The fourth-order valence-electron chi connectivity index (χ4n) is 2.78. The molecule has 6 nitrogen and oxygen atoms in total. The number of ketones is 1. The van der Waals surface area contributed by atoms with E-state index in [2.05, 4.69) is 20.6 Å². The average Bonchev–Trinajstić information content (AvgIpc) is 2.69. The zero-order valence-corrected chi connectivity index (χ0v) is 16.2. The number of nitrogens with one attached hydrogen (secondary N) is 2. The lowest BCUT2D eigenvalue weighted by Gasteiger charge is -2.10. The average molecular weight is 392 g/mol. The van der Waals surface area contributed by atoms with Gasteiger partial charge in [-0.05, 0) is 56.2 Å². The van der Waals surface area contributed by atoms with E-state index in [1.807, 2.05) is 0 Å². The number of hydrogen-bond donors (Lipinski definition) is 2. The van der Waals surface area contributed by atoms with Crippen LogP contribution in [0.4, 0.5) is 15.9 Å². The van der Waals surface area contributed by atoms with E-state index in [-0.39, 0.29) is 23.2 Å². The molecule has 0 aliphatic carbocycles. The fraction of sp³-hybridized carbons (Fsp3) is 0.182. The van der Waals surface area contributed by atoms with Crippen LogP contribution in [0.1, 0.15) is 39.2 Å². The predicted molar refractivity (Wildman–Crippen MR) is 110 cm³/mol. The summed E-state index contributed by atoms with van der Waals surface area (Å²) in [5, 5.41) is 5.86. The highest BCUT2D eigenvalue weighted by Crippen LogP contribution is 2.14. The standard InChI is InChI=1S/C22H21FN4O2/c1-14(28)16-7-9-18(10-8-16)27-22(29)20-13-21(26-15(2)25-20)24-12-11-17-5-3-4-6-19(17)23/h3-10,13H,11-12H2,1-2H3,(H,27,29)(H,24,25,26). The van der Waals surface area contributed by atoms with E-state index in [1.165, 1.54) is 13.0 Å². The number of aryl methyl sites for hydroxylation is 1. The first-order valence-electron chi connectivity index (χ1n) is 9.17. The molecule has 1 amide bonds. The highest BCUT2D eigenvalue weighted by atomic mass is 19.1. The highest BCUT2D eigenvalue weighted by Gasteiger charge is 2.11. The molecule has 0 fully saturated rings. The quantitative estimate of drug-likeness (QED) is 0.593. The topological polar surface area (TPSA) is 84.0 Å². The van der Waals surface area contributed by atoms with Crippen molar-refractivity contribution in [1.29, 1.82) is 0 Å². The van der Waals surface area contributed by atoms with Gasteiger partial charge in [-0.2, -0.15) is 0 Å². The molecule has 3 aromatic rings. The Bertz CT molecular complexity index is 1040. The molecule has 3 rings (SSSR count). The van der Waals surface area contributed by atoms with E-state index < -0.39 is 0 Å². The summed E-state index contributed by atoms with van der Waals surface area (Å²) in [6.45, 7) is 3.64. The van der Waals surface area contributed by atoms with E-state index in [0.717, 1.165) is 0 Å². The number of hydrogen-bond acceptors (Lipinski definition) is 5. The maximum atomic E-state index is 13.7. The van der Waals surface area contributed by atoms with Gasteiger partial charge in [0, 0.05) is 23.9 Å². The molecular formula is C22H21FN4O2. The second-order valence-electron chi connectivity index (χ2n) is 6.54. The number of halogens is 1. The van der Waals surface area contributed by atoms with Crippen LogP contribution in [0.3, 0.4) is 0 Å². The van der Waals surface area contributed by atoms with E-state index in [9.17, 15) is 14.0 Å². The fourth-order valence-corrected chi connectivity index (χ4v) is 2.78. The first-order valence-corrected chi connectivity index (χ1v) is 9.17. The van der Waals surface area contributed by atoms with Gasteiger partial charge in [0.05, 0.1) is 0 Å². The van der Waals surface area contributed by atoms with Crippen molar-refractivity contribution in [3.8, 4) is 0 Å². The molecular weight excluding hydrogens is 371 g/mol. The predicted octanol–water partition coefficient (Wildman–Crippen LogP) is 4.03. The molecule has 0 radical (unpaired) electrons. The summed E-state index contributed by atoms with van der Waals surface area (Å²) >= 11 is 0. The Morgan fingerprint density at radius 3 is 2.45 bits per heavy atom. The third-order valence-corrected chi connectivity index (χ3v) is 4.28. The molecule has 0 unspecified atom stereocenters. The smallest absolute Gasteiger partial charge is 0.274 e. The third kappa shape index (κ3) is 5.44. The van der Waals surface area contributed by atoms with Crippen molar-refractivity contribution in [2.24, 2.45) is 0 Å². The molecule has 0 saturated carbocycles. The molecule has 0 spiro atoms. The van der Waals surface area contributed by atoms with Gasteiger partial charge in [0.1, 0.15) is 23.2 Å². The molecule has 1 aromatic heterocycles. The van der Waals surface area contributed by atoms with Crippen LogP contribution in [0.25, 0.3) is 0 Å². The van der Waals surface area contributed by atoms with Crippen LogP contribution in [0.2, 0.25) is 0 Å². The number of rotatable bonds is 7. The minimum absolute atomic E-state index is 0.0413. The van der Waals surface area contributed by atoms with Crippen molar-refractivity contribution in [1.82, 2.24) is 9.97 Å². The van der Waals surface area contributed by atoms with Gasteiger partial charge in [0.15, 0.2) is 5.78 Å². The van der Waals surface area contributed by atoms with E-state index in [1.54, 1.807) is 55.5 Å². The Balaban J connectivity index is 1.65. The number of Topliss-reactive ketones (excluding diaryl/α,β-unsaturated/α-hetero) is 1. The lowest BCUT2D eigenvalue weighted by molar-refractivity contribution is 0.101. The Morgan fingerprint density at radius 2 is 1.76 bits per heavy atom. The monoisotopic (exact) mass is 392 g/mol. The number of benzene rings is 2. The summed E-state index contributed by atoms with van der Waals surface area (Å²) in [6, 6.07) is 14.8. The molecule has 0 atom stereocenters. The number of carbonyl (C=O) groups is 2. The summed E-state index contributed by atoms with van der Waals surface area (Å²) in [6.07, 6.45) is 0.486. The Morgan fingerprint density at radius 1 is 1.03 bits per heavy atom. The molecule has 0 bridgehead atoms. The molecule has 7 heteroatoms. The van der Waals surface area contributed by atoms with Gasteiger partial charge in [0.25, 0.3) is 5.91 Å². The number of amides is 1. The lowest BCUT2D eigenvalue weighted by Crippen LogP contribution is -2.16. The summed E-state index contributed by atoms with van der Waals surface area (Å²) < 4.78 is 13.7. The molecule has 1 heterocycles. The second-order valence-corrected chi connectivity index (χ2v) is 6.54. The molecule has 0 aliphatic rings. The van der Waals surface area contributed by atoms with Gasteiger partial charge in [-0.1, -0.05) is 18.2 Å². The summed E-state index contributed by atoms with van der Waals surface area (Å²) in [7, 11) is 0. The van der Waals surface area contributed by atoms with Crippen LogP contribution in [0.5, 0.6) is 0 Å². The van der Waals surface area contributed by atoms with Gasteiger partial charge >= 0.3 is 0 Å². The van der Waals surface area contributed by atoms with Crippen molar-refractivity contribution in [2.75, 3.05) is 17.2 Å². The lowest BCUT2D eigenvalue weighted by atomic mass is 10.1. The molecule has 2 aromatic carbocycles. The Labute approximate surface area is 168 Å². The van der Waals surface area contributed by atoms with Gasteiger partial charge in [-0.15, -0.1) is 0 Å². The zero-order chi connectivity index (χ0) is 20.8. The highest BCUT2D eigenvalue weighted by molar-refractivity contribution is 6.03. The second kappa shape index (κ2) is 9.05. The molecule has 0 aliphatic heterocycles. The molecule has 148 valence electrons. The maximum absolute atomic E-state index is 13.7. The number of aromatic nitrogens is 2. The first-order chi connectivity index (χ1) is 13.9. The van der Waals surface area contributed by atoms with Crippen molar-refractivity contribution in [2.45, 2.75) is 20.3 Å². The summed E-state index contributed by atoms with van der Waals surface area (Å²) in [4.78, 5) is 32.3. The van der Waals surface area contributed by atoms with Crippen molar-refractivity contribution in [3.63, 3.8) is 0 Å². The molecule has 2 N–H and O–H groups in total. The molecule has 29 heavy (non-hydrogen) atoms. The SMILES string of the molecule is CC(=O)c1ccc(NC(=O)c2cc(NCCc3ccccc3F)nc(C)n2)cc1. The van der Waals surface area contributed by atoms with E-state index in [0.29, 0.717) is 41.4 Å². The normalized spacial score (nSPS) is 10.4. The molecule has 0 saturated heterocycles. The van der Waals surface area contributed by atoms with E-state index >= 15 is 0 Å². The van der Waals surface area contributed by atoms with Crippen molar-refractivity contribution in [3.05, 3.63) is 83.1 Å². The number of anilines is 2. The minimum atomic E-state index is -0.386. The zero-order valence-electron chi connectivity index (χ0n) is 16.2. The van der Waals surface area contributed by atoms with Crippen molar-refractivity contribution >= 4 is 23.2 Å². The third-order valence-electron chi connectivity index (χ3n) is 4.28. The minimum Gasteiger partial charge on any atom is -0.370 e. The Kier molecular flexibility index (Phi) is 6.29. The summed E-state index contributed by atoms with van der Waals surface area (Å²) in [5.41, 5.74) is 1.95. The van der Waals surface area contributed by atoms with Gasteiger partial charge in [0.2, 0.25) is 0 Å². The first kappa shape index (κ1) is 20.1. The van der Waals surface area contributed by atoms with Crippen molar-refractivity contribution < 1.29 is 14.0 Å². The maximum Gasteiger partial charge on any atom is 0.274 e. The number of carbonyl (C=O) groups excluding carboxylic acids is 2. The number of nitrogens with zero attached hydrogens (tertiary/aromatic N) is 2. The van der Waals surface area contributed by atoms with Crippen LogP contribution in [-0.4, -0.2) is 28.2 Å². The van der Waals surface area contributed by atoms with Gasteiger partial charge in [-0.25, -0.2) is 14.4 Å². The van der Waals surface area contributed by atoms with Crippen LogP contribution >= 0.6 is 0 Å². The van der Waals surface area contributed by atoms with E-state index in [4.69, 9.17) is 0 Å². The van der Waals surface area contributed by atoms with Gasteiger partial charge < -0.3 is 10.6 Å². The van der Waals surface area contributed by atoms with Crippen LogP contribution in [0, 0.1) is 12.7 Å². The van der Waals surface area contributed by atoms with Crippen LogP contribution in [-0.2, 0) is 6.42 Å². The Hall–Kier alpha value is -3.61. The van der Waals surface area contributed by atoms with Crippen LogP contribution in [0.15, 0.2) is 54.6 Å². The largest absolute Gasteiger partial charge is 0.370 e. The summed E-state index contributed by atoms with van der Waals surface area (Å²) in [5.74, 6) is 0.261.